The van der Waals surface area contributed by atoms with E-state index in [0.29, 0.717) is 27.8 Å². The maximum atomic E-state index is 12.4. The fraction of sp³-hybridized carbons (Fsp3) is 0. The third kappa shape index (κ3) is 1.79. The Hall–Kier alpha value is -3.17. The number of carbonyl (C=O) groups excluding carboxylic acids is 1. The van der Waals surface area contributed by atoms with Gasteiger partial charge in [-0.2, -0.15) is 10.5 Å². The van der Waals surface area contributed by atoms with Crippen LogP contribution in [0.1, 0.15) is 15.9 Å². The minimum Gasteiger partial charge on any atom is -0.289 e. The molecule has 0 aliphatic heterocycles. The second-order valence-electron chi connectivity index (χ2n) is 4.08. The highest BCUT2D eigenvalue weighted by Crippen LogP contribution is 2.38. The smallest absolute Gasteiger partial charge is 0.194 e. The van der Waals surface area contributed by atoms with E-state index >= 15 is 0 Å². The highest BCUT2D eigenvalue weighted by molar-refractivity contribution is 6.20. The van der Waals surface area contributed by atoms with Crippen LogP contribution in [0.5, 0.6) is 0 Å². The van der Waals surface area contributed by atoms with Crippen molar-refractivity contribution in [1.82, 2.24) is 0 Å². The third-order valence-electron chi connectivity index (χ3n) is 3.13. The second kappa shape index (κ2) is 5.22. The summed E-state index contributed by atoms with van der Waals surface area (Å²) >= 11 is 0. The summed E-state index contributed by atoms with van der Waals surface area (Å²) in [4.78, 5) is 12.4. The van der Waals surface area contributed by atoms with E-state index in [9.17, 15) is 4.79 Å². The maximum absolute atomic E-state index is 12.4. The molecule has 0 unspecified atom stereocenters. The van der Waals surface area contributed by atoms with Gasteiger partial charge in [0.15, 0.2) is 5.78 Å². The Kier molecular flexibility index (Phi) is 3.46. The Morgan fingerprint density at radius 3 is 2.05 bits per heavy atom. The molecule has 0 saturated carbocycles. The van der Waals surface area contributed by atoms with Gasteiger partial charge in [-0.1, -0.05) is 49.6 Å². The number of nitrogens with zero attached hydrogens (tertiary/aromatic N) is 2. The number of fused-ring (bicyclic) bond motifs is 1. The van der Waals surface area contributed by atoms with Crippen LogP contribution in [0.3, 0.4) is 0 Å². The van der Waals surface area contributed by atoms with Crippen LogP contribution >= 0.6 is 0 Å². The number of Topliss-reactive ketones (excluding diaryl/α,β-unsaturated/α-hetero) is 1. The van der Waals surface area contributed by atoms with E-state index in [-0.39, 0.29) is 11.4 Å². The van der Waals surface area contributed by atoms with Crippen molar-refractivity contribution in [2.45, 2.75) is 0 Å². The molecule has 0 N–H and O–H groups in total. The number of ketones is 1. The van der Waals surface area contributed by atoms with E-state index in [2.05, 4.69) is 13.2 Å². The Morgan fingerprint density at radius 2 is 1.55 bits per heavy atom. The minimum absolute atomic E-state index is 0.0424. The Morgan fingerprint density at radius 1 is 1.00 bits per heavy atom. The lowest BCUT2D eigenvalue weighted by Gasteiger charge is -2.21. The molecule has 2 rings (SSSR count). The highest BCUT2D eigenvalue weighted by atomic mass is 16.1. The molecule has 0 fully saturated rings. The Labute approximate surface area is 117 Å². The molecule has 1 aromatic rings. The van der Waals surface area contributed by atoms with E-state index < -0.39 is 0 Å². The van der Waals surface area contributed by atoms with Crippen molar-refractivity contribution < 1.29 is 4.79 Å². The molecule has 1 aromatic carbocycles. The topological polar surface area (TPSA) is 64.7 Å². The molecule has 0 aromatic heterocycles. The molecule has 1 aliphatic rings. The highest BCUT2D eigenvalue weighted by Gasteiger charge is 2.28. The number of hydrogen-bond donors (Lipinski definition) is 0. The van der Waals surface area contributed by atoms with Crippen molar-refractivity contribution in [3.05, 3.63) is 77.4 Å². The molecule has 20 heavy (non-hydrogen) atoms. The quantitative estimate of drug-likeness (QED) is 0.764. The molecule has 0 spiro atoms. The fourth-order valence-corrected chi connectivity index (χ4v) is 2.27. The van der Waals surface area contributed by atoms with Crippen molar-refractivity contribution in [3.8, 4) is 12.1 Å². The average Bonchev–Trinajstić information content (AvgIpc) is 2.50. The van der Waals surface area contributed by atoms with Gasteiger partial charge < -0.3 is 0 Å². The van der Waals surface area contributed by atoms with Crippen molar-refractivity contribution >= 4 is 11.4 Å². The lowest BCUT2D eigenvalue weighted by molar-refractivity contribution is 0.103. The summed E-state index contributed by atoms with van der Waals surface area (Å²) in [7, 11) is 0. The molecular formula is C17H10N2O. The van der Waals surface area contributed by atoms with Crippen LogP contribution in [-0.4, -0.2) is 5.78 Å². The summed E-state index contributed by atoms with van der Waals surface area (Å²) in [5.74, 6) is -0.176. The van der Waals surface area contributed by atoms with Gasteiger partial charge in [-0.05, 0) is 11.1 Å². The molecular weight excluding hydrogens is 248 g/mol. The lowest BCUT2D eigenvalue weighted by Crippen LogP contribution is -2.14. The van der Waals surface area contributed by atoms with E-state index in [1.807, 2.05) is 12.1 Å². The van der Waals surface area contributed by atoms with Gasteiger partial charge in [-0.3, -0.25) is 4.79 Å². The van der Waals surface area contributed by atoms with Crippen molar-refractivity contribution in [1.29, 1.82) is 10.5 Å². The van der Waals surface area contributed by atoms with Crippen molar-refractivity contribution in [3.63, 3.8) is 0 Å². The van der Waals surface area contributed by atoms with Gasteiger partial charge in [0, 0.05) is 16.7 Å². The van der Waals surface area contributed by atoms with E-state index in [1.165, 1.54) is 12.2 Å². The zero-order valence-corrected chi connectivity index (χ0v) is 10.7. The number of carbonyl (C=O) groups is 1. The predicted molar refractivity (Wildman–Crippen MR) is 76.3 cm³/mol. The standard InChI is InChI=1S/C17H10N2O/c1-3-12-13(4-2)17(20)15-8-6-5-7-14(15)16(12)11(9-18)10-19/h3-8H,1-2H2. The number of nitriles is 2. The SMILES string of the molecule is C=CC1=C(C=C)C(=C(C#N)C#N)c2ccccc2C1=O. The monoisotopic (exact) mass is 258 g/mol. The van der Waals surface area contributed by atoms with E-state index in [4.69, 9.17) is 10.5 Å². The van der Waals surface area contributed by atoms with Crippen LogP contribution in [0, 0.1) is 22.7 Å². The van der Waals surface area contributed by atoms with Crippen LogP contribution in [0.25, 0.3) is 5.57 Å². The molecule has 1 aliphatic carbocycles. The number of hydrogen-bond acceptors (Lipinski definition) is 3. The van der Waals surface area contributed by atoms with Crippen LogP contribution in [0.15, 0.2) is 66.3 Å². The maximum Gasteiger partial charge on any atom is 0.194 e. The second-order valence-corrected chi connectivity index (χ2v) is 4.08. The van der Waals surface area contributed by atoms with Gasteiger partial charge >= 0.3 is 0 Å². The third-order valence-corrected chi connectivity index (χ3v) is 3.13. The van der Waals surface area contributed by atoms with Crippen LogP contribution in [-0.2, 0) is 0 Å². The zero-order valence-electron chi connectivity index (χ0n) is 10.7. The number of benzene rings is 1. The summed E-state index contributed by atoms with van der Waals surface area (Å²) in [6, 6.07) is 10.7. The van der Waals surface area contributed by atoms with Gasteiger partial charge in [-0.25, -0.2) is 0 Å². The molecule has 0 amide bonds. The predicted octanol–water partition coefficient (Wildman–Crippen LogP) is 3.35. The van der Waals surface area contributed by atoms with E-state index in [0.717, 1.165) is 0 Å². The first-order chi connectivity index (χ1) is 9.69. The van der Waals surface area contributed by atoms with Crippen LogP contribution < -0.4 is 0 Å². The fourth-order valence-electron chi connectivity index (χ4n) is 2.27. The summed E-state index contributed by atoms with van der Waals surface area (Å²) in [5.41, 5.74) is 2.27. The summed E-state index contributed by atoms with van der Waals surface area (Å²) < 4.78 is 0. The summed E-state index contributed by atoms with van der Waals surface area (Å²) in [5, 5.41) is 18.3. The molecule has 0 radical (unpaired) electrons. The summed E-state index contributed by atoms with van der Waals surface area (Å²) in [6.07, 6.45) is 2.91. The number of rotatable bonds is 2. The normalized spacial score (nSPS) is 13.1. The molecule has 0 saturated heterocycles. The van der Waals surface area contributed by atoms with Crippen molar-refractivity contribution in [2.75, 3.05) is 0 Å². The lowest BCUT2D eigenvalue weighted by atomic mass is 9.79. The largest absolute Gasteiger partial charge is 0.289 e. The van der Waals surface area contributed by atoms with Crippen LogP contribution in [0.4, 0.5) is 0 Å². The van der Waals surface area contributed by atoms with E-state index in [1.54, 1.807) is 24.3 Å². The van der Waals surface area contributed by atoms with Gasteiger partial charge in [-0.15, -0.1) is 0 Å². The molecule has 0 bridgehead atoms. The van der Waals surface area contributed by atoms with Gasteiger partial charge in [0.25, 0.3) is 0 Å². The van der Waals surface area contributed by atoms with Crippen LogP contribution in [0.2, 0.25) is 0 Å². The number of allylic oxidation sites excluding steroid dienone is 6. The van der Waals surface area contributed by atoms with Gasteiger partial charge in [0.05, 0.1) is 0 Å². The Balaban J connectivity index is 2.99. The molecule has 0 heterocycles. The first-order valence-corrected chi connectivity index (χ1v) is 5.87. The first-order valence-electron chi connectivity index (χ1n) is 5.87. The first kappa shape index (κ1) is 13.3. The van der Waals surface area contributed by atoms with Gasteiger partial charge in [0.2, 0.25) is 0 Å². The summed E-state index contributed by atoms with van der Waals surface area (Å²) in [6.45, 7) is 7.32. The Bertz CT molecular complexity index is 764. The van der Waals surface area contributed by atoms with Crippen molar-refractivity contribution in [2.24, 2.45) is 0 Å². The van der Waals surface area contributed by atoms with Gasteiger partial charge in [0.1, 0.15) is 17.7 Å². The minimum atomic E-state index is -0.176. The molecule has 3 heteroatoms. The molecule has 0 atom stereocenters. The zero-order chi connectivity index (χ0) is 14.7. The molecule has 94 valence electrons. The molecule has 3 nitrogen and oxygen atoms in total. The average molecular weight is 258 g/mol.